The fourth-order valence-electron chi connectivity index (χ4n) is 1.29. The van der Waals surface area contributed by atoms with E-state index in [1.165, 1.54) is 0 Å². The van der Waals surface area contributed by atoms with Crippen LogP contribution in [0.2, 0.25) is 0 Å². The monoisotopic (exact) mass is 213 g/mol. The molecule has 4 nitrogen and oxygen atoms in total. The summed E-state index contributed by atoms with van der Waals surface area (Å²) in [5.74, 6) is 0.320. The molecule has 0 spiro atoms. The van der Waals surface area contributed by atoms with Crippen molar-refractivity contribution in [2.24, 2.45) is 0 Å². The van der Waals surface area contributed by atoms with Crippen LogP contribution in [0.25, 0.3) is 0 Å². The van der Waals surface area contributed by atoms with Gasteiger partial charge in [0.15, 0.2) is 0 Å². The van der Waals surface area contributed by atoms with Gasteiger partial charge in [-0.05, 0) is 30.7 Å². The molecule has 2 aromatic rings. The molecule has 2 rings (SSSR count). The third kappa shape index (κ3) is 2.23. The highest BCUT2D eigenvalue weighted by molar-refractivity contribution is 6.02. The van der Waals surface area contributed by atoms with E-state index in [-0.39, 0.29) is 5.91 Å². The van der Waals surface area contributed by atoms with Gasteiger partial charge in [0.05, 0.1) is 0 Å². The molecule has 0 fully saturated rings. The molecule has 0 unspecified atom stereocenters. The van der Waals surface area contributed by atoms with Gasteiger partial charge in [-0.25, -0.2) is 4.98 Å². The summed E-state index contributed by atoms with van der Waals surface area (Å²) >= 11 is 0. The van der Waals surface area contributed by atoms with Crippen molar-refractivity contribution >= 4 is 11.7 Å². The Hall–Kier alpha value is -2.23. The molecule has 0 bridgehead atoms. The molecule has 2 heterocycles. The molecule has 16 heavy (non-hydrogen) atoms. The quantitative estimate of drug-likeness (QED) is 0.830. The lowest BCUT2D eigenvalue weighted by Crippen LogP contribution is -2.15. The van der Waals surface area contributed by atoms with Crippen LogP contribution < -0.4 is 5.32 Å². The van der Waals surface area contributed by atoms with Gasteiger partial charge in [0, 0.05) is 12.4 Å². The molecule has 0 aromatic carbocycles. The van der Waals surface area contributed by atoms with Crippen LogP contribution in [0.1, 0.15) is 16.1 Å². The van der Waals surface area contributed by atoms with Crippen molar-refractivity contribution in [2.45, 2.75) is 6.92 Å². The van der Waals surface area contributed by atoms with E-state index >= 15 is 0 Å². The van der Waals surface area contributed by atoms with Gasteiger partial charge in [-0.3, -0.25) is 9.78 Å². The van der Waals surface area contributed by atoms with Crippen molar-refractivity contribution in [3.63, 3.8) is 0 Å². The minimum absolute atomic E-state index is 0.248. The maximum Gasteiger partial charge on any atom is 0.275 e. The van der Waals surface area contributed by atoms with Crippen LogP contribution in [0.4, 0.5) is 5.82 Å². The molecular formula is C12H11N3O. The number of aryl methyl sites for hydroxylation is 1. The number of rotatable bonds is 2. The third-order valence-electron chi connectivity index (χ3n) is 2.14. The van der Waals surface area contributed by atoms with Crippen molar-refractivity contribution in [2.75, 3.05) is 5.32 Å². The summed E-state index contributed by atoms with van der Waals surface area (Å²) in [4.78, 5) is 19.8. The van der Waals surface area contributed by atoms with Crippen molar-refractivity contribution in [1.29, 1.82) is 0 Å². The van der Waals surface area contributed by atoms with Gasteiger partial charge in [0.2, 0.25) is 0 Å². The van der Waals surface area contributed by atoms with E-state index in [0.29, 0.717) is 11.5 Å². The highest BCUT2D eigenvalue weighted by Gasteiger charge is 2.08. The second-order valence-electron chi connectivity index (χ2n) is 3.34. The van der Waals surface area contributed by atoms with Gasteiger partial charge < -0.3 is 5.32 Å². The molecule has 0 aliphatic carbocycles. The number of carbonyl (C=O) groups is 1. The number of carbonyl (C=O) groups excluding carboxylic acids is 1. The summed E-state index contributed by atoms with van der Waals surface area (Å²) in [6, 6.07) is 8.91. The summed E-state index contributed by atoms with van der Waals surface area (Å²) in [6.45, 7) is 1.89. The lowest BCUT2D eigenvalue weighted by atomic mass is 10.3. The number of nitrogens with zero attached hydrogens (tertiary/aromatic N) is 2. The molecule has 1 amide bonds. The molecule has 0 saturated carbocycles. The van der Waals surface area contributed by atoms with Crippen molar-refractivity contribution in [3.05, 3.63) is 54.0 Å². The zero-order valence-corrected chi connectivity index (χ0v) is 8.84. The van der Waals surface area contributed by atoms with E-state index in [1.807, 2.05) is 19.1 Å². The lowest BCUT2D eigenvalue weighted by molar-refractivity contribution is 0.102. The first-order chi connectivity index (χ1) is 7.77. The Balaban J connectivity index is 2.18. The van der Waals surface area contributed by atoms with Gasteiger partial charge in [0.1, 0.15) is 11.5 Å². The van der Waals surface area contributed by atoms with Crippen LogP contribution in [-0.2, 0) is 0 Å². The molecule has 4 heteroatoms. The highest BCUT2D eigenvalue weighted by Crippen LogP contribution is 2.10. The number of nitrogens with one attached hydrogen (secondary N) is 1. The lowest BCUT2D eigenvalue weighted by Gasteiger charge is -2.05. The van der Waals surface area contributed by atoms with Gasteiger partial charge in [-0.15, -0.1) is 0 Å². The Morgan fingerprint density at radius 1 is 1.12 bits per heavy atom. The molecule has 0 saturated heterocycles. The number of aromatic nitrogens is 2. The fourth-order valence-corrected chi connectivity index (χ4v) is 1.29. The average Bonchev–Trinajstić information content (AvgIpc) is 2.33. The first-order valence-electron chi connectivity index (χ1n) is 4.91. The summed E-state index contributed by atoms with van der Waals surface area (Å²) < 4.78 is 0. The smallest absolute Gasteiger partial charge is 0.275 e. The fraction of sp³-hybridized carbons (Fsp3) is 0.0833. The average molecular weight is 213 g/mol. The third-order valence-corrected chi connectivity index (χ3v) is 2.14. The molecule has 0 radical (unpaired) electrons. The summed E-state index contributed by atoms with van der Waals surface area (Å²) in [7, 11) is 0. The maximum absolute atomic E-state index is 11.8. The second-order valence-corrected chi connectivity index (χ2v) is 3.34. The van der Waals surface area contributed by atoms with Crippen LogP contribution in [0.3, 0.4) is 0 Å². The Bertz CT molecular complexity index is 497. The number of pyridine rings is 2. The summed E-state index contributed by atoms with van der Waals surface area (Å²) in [5.41, 5.74) is 1.30. The summed E-state index contributed by atoms with van der Waals surface area (Å²) in [6.07, 6.45) is 3.22. The predicted octanol–water partition coefficient (Wildman–Crippen LogP) is 2.04. The molecule has 0 atom stereocenters. The number of hydrogen-bond donors (Lipinski definition) is 1. The molecule has 1 N–H and O–H groups in total. The van der Waals surface area contributed by atoms with Gasteiger partial charge in [-0.2, -0.15) is 0 Å². The zero-order chi connectivity index (χ0) is 11.4. The second kappa shape index (κ2) is 4.53. The molecule has 80 valence electrons. The van der Waals surface area contributed by atoms with Crippen LogP contribution in [-0.4, -0.2) is 15.9 Å². The normalized spacial score (nSPS) is 9.81. The SMILES string of the molecule is Cc1cccnc1NC(=O)c1ccccn1. The van der Waals surface area contributed by atoms with Gasteiger partial charge in [-0.1, -0.05) is 12.1 Å². The van der Waals surface area contributed by atoms with Crippen molar-refractivity contribution < 1.29 is 4.79 Å². The number of amides is 1. The van der Waals surface area contributed by atoms with Crippen LogP contribution >= 0.6 is 0 Å². The zero-order valence-electron chi connectivity index (χ0n) is 8.84. The van der Waals surface area contributed by atoms with E-state index in [0.717, 1.165) is 5.56 Å². The Morgan fingerprint density at radius 2 is 1.94 bits per heavy atom. The van der Waals surface area contributed by atoms with Gasteiger partial charge >= 0.3 is 0 Å². The topological polar surface area (TPSA) is 54.9 Å². The minimum atomic E-state index is -0.248. The van der Waals surface area contributed by atoms with E-state index in [1.54, 1.807) is 30.6 Å². The Kier molecular flexibility index (Phi) is 2.91. The van der Waals surface area contributed by atoms with E-state index in [4.69, 9.17) is 0 Å². The van der Waals surface area contributed by atoms with Crippen LogP contribution in [0.5, 0.6) is 0 Å². The predicted molar refractivity (Wildman–Crippen MR) is 61.2 cm³/mol. The Labute approximate surface area is 93.4 Å². The van der Waals surface area contributed by atoms with Crippen LogP contribution in [0.15, 0.2) is 42.7 Å². The summed E-state index contributed by atoms with van der Waals surface area (Å²) in [5, 5.41) is 2.71. The van der Waals surface area contributed by atoms with Crippen LogP contribution in [0, 0.1) is 6.92 Å². The molecule has 0 aliphatic heterocycles. The standard InChI is InChI=1S/C12H11N3O/c1-9-5-4-8-14-11(9)15-12(16)10-6-2-3-7-13-10/h2-8H,1H3,(H,14,15,16). The first-order valence-corrected chi connectivity index (χ1v) is 4.91. The molecule has 2 aromatic heterocycles. The highest BCUT2D eigenvalue weighted by atomic mass is 16.1. The largest absolute Gasteiger partial charge is 0.305 e. The van der Waals surface area contributed by atoms with E-state index in [9.17, 15) is 4.79 Å². The Morgan fingerprint density at radius 3 is 2.62 bits per heavy atom. The number of hydrogen-bond acceptors (Lipinski definition) is 3. The number of anilines is 1. The minimum Gasteiger partial charge on any atom is -0.305 e. The molecular weight excluding hydrogens is 202 g/mol. The maximum atomic E-state index is 11.8. The van der Waals surface area contributed by atoms with Crippen molar-refractivity contribution in [1.82, 2.24) is 9.97 Å². The van der Waals surface area contributed by atoms with E-state index in [2.05, 4.69) is 15.3 Å². The van der Waals surface area contributed by atoms with Gasteiger partial charge in [0.25, 0.3) is 5.91 Å². The van der Waals surface area contributed by atoms with Crippen molar-refractivity contribution in [3.8, 4) is 0 Å². The first kappa shape index (κ1) is 10.3. The molecule has 0 aliphatic rings. The van der Waals surface area contributed by atoms with E-state index < -0.39 is 0 Å².